The normalized spacial score (nSPS) is 11.7. The summed E-state index contributed by atoms with van der Waals surface area (Å²) in [5.41, 5.74) is 8.68. The van der Waals surface area contributed by atoms with Gasteiger partial charge in [-0.3, -0.25) is 4.79 Å². The molecule has 2 heterocycles. The number of nitrogens with zero attached hydrogens (tertiary/aromatic N) is 2. The molecule has 32 heavy (non-hydrogen) atoms. The molecule has 1 amide bonds. The molecule has 0 unspecified atom stereocenters. The summed E-state index contributed by atoms with van der Waals surface area (Å²) >= 11 is 6.89. The van der Waals surface area contributed by atoms with E-state index in [-0.39, 0.29) is 5.76 Å². The van der Waals surface area contributed by atoms with Crippen LogP contribution in [-0.4, -0.2) is 16.7 Å². The largest absolute Gasteiger partial charge is 0.450 e. The van der Waals surface area contributed by atoms with E-state index in [9.17, 15) is 4.79 Å². The van der Waals surface area contributed by atoms with E-state index in [1.165, 1.54) is 5.56 Å². The predicted molar refractivity (Wildman–Crippen MR) is 136 cm³/mol. The van der Waals surface area contributed by atoms with Gasteiger partial charge < -0.3 is 8.98 Å². The Bertz CT molecular complexity index is 1330. The molecule has 0 aliphatic rings. The summed E-state index contributed by atoms with van der Waals surface area (Å²) < 4.78 is 9.55. The van der Waals surface area contributed by atoms with Gasteiger partial charge in [-0.05, 0) is 77.7 Å². The highest BCUT2D eigenvalue weighted by Gasteiger charge is 2.15. The van der Waals surface area contributed by atoms with Crippen LogP contribution in [-0.2, 0) is 0 Å². The van der Waals surface area contributed by atoms with E-state index in [2.05, 4.69) is 98.1 Å². The van der Waals surface area contributed by atoms with Crippen LogP contribution in [0.3, 0.4) is 0 Å². The zero-order valence-corrected chi connectivity index (χ0v) is 21.4. The average molecular weight is 557 g/mol. The first-order chi connectivity index (χ1) is 15.2. The summed E-state index contributed by atoms with van der Waals surface area (Å²) in [6.07, 6.45) is 1.66. The lowest BCUT2D eigenvalue weighted by atomic mass is 10.0. The van der Waals surface area contributed by atoms with Crippen LogP contribution in [0.15, 0.2) is 67.0 Å². The molecule has 2 aromatic heterocycles. The molecule has 4 rings (SSSR count). The van der Waals surface area contributed by atoms with E-state index >= 15 is 0 Å². The number of rotatable bonds is 5. The number of hydrazone groups is 1. The molecule has 0 radical (unpaired) electrons. The van der Waals surface area contributed by atoms with Gasteiger partial charge in [0.1, 0.15) is 5.58 Å². The van der Waals surface area contributed by atoms with E-state index in [0.717, 1.165) is 37.0 Å². The molecule has 7 heteroatoms. The van der Waals surface area contributed by atoms with Crippen molar-refractivity contribution in [3.05, 3.63) is 85.8 Å². The SMILES string of the molecule is Cc1cc(/C=N\NC(=O)c2cc3cc(Br)cc(Br)c3o2)c(C)n1-c1ccc(C(C)C)cc1. The van der Waals surface area contributed by atoms with Gasteiger partial charge in [0.25, 0.3) is 0 Å². The van der Waals surface area contributed by atoms with Gasteiger partial charge in [-0.1, -0.05) is 41.9 Å². The van der Waals surface area contributed by atoms with Crippen LogP contribution in [0.4, 0.5) is 0 Å². The second-order valence-electron chi connectivity index (χ2n) is 8.02. The predicted octanol–water partition coefficient (Wildman–Crippen LogP) is 7.25. The molecule has 5 nitrogen and oxygen atoms in total. The van der Waals surface area contributed by atoms with E-state index in [0.29, 0.717) is 11.5 Å². The Labute approximate surface area is 203 Å². The molecule has 1 N–H and O–H groups in total. The zero-order chi connectivity index (χ0) is 23.0. The number of hydrogen-bond acceptors (Lipinski definition) is 3. The monoisotopic (exact) mass is 555 g/mol. The molecule has 0 fully saturated rings. The molecular weight excluding hydrogens is 534 g/mol. The van der Waals surface area contributed by atoms with Crippen LogP contribution in [0, 0.1) is 13.8 Å². The van der Waals surface area contributed by atoms with Gasteiger partial charge >= 0.3 is 5.91 Å². The summed E-state index contributed by atoms with van der Waals surface area (Å²) in [5, 5.41) is 4.98. The maximum absolute atomic E-state index is 12.5. The van der Waals surface area contributed by atoms with Gasteiger partial charge in [-0.2, -0.15) is 5.10 Å². The zero-order valence-electron chi connectivity index (χ0n) is 18.2. The van der Waals surface area contributed by atoms with E-state index < -0.39 is 5.91 Å². The molecule has 4 aromatic rings. The van der Waals surface area contributed by atoms with Crippen molar-refractivity contribution in [2.45, 2.75) is 33.6 Å². The fourth-order valence-electron chi connectivity index (χ4n) is 3.73. The fraction of sp³-hybridized carbons (Fsp3) is 0.200. The standard InChI is InChI=1S/C25H23Br2N3O2/c1-14(2)17-5-7-21(8-6-17)30-15(3)9-19(16(30)4)13-28-29-25(31)23-11-18-10-20(26)12-22(27)24(18)32-23/h5-14H,1-4H3,(H,29,31)/b28-13-. The van der Waals surface area contributed by atoms with E-state index in [1.54, 1.807) is 12.3 Å². The van der Waals surface area contributed by atoms with Crippen molar-refractivity contribution in [1.29, 1.82) is 0 Å². The summed E-state index contributed by atoms with van der Waals surface area (Å²) in [4.78, 5) is 12.5. The molecule has 0 bridgehead atoms. The van der Waals surface area contributed by atoms with Crippen molar-refractivity contribution < 1.29 is 9.21 Å². The topological polar surface area (TPSA) is 59.5 Å². The first kappa shape index (κ1) is 22.6. The molecule has 0 saturated carbocycles. The number of nitrogens with one attached hydrogen (secondary N) is 1. The number of aryl methyl sites for hydroxylation is 1. The van der Waals surface area contributed by atoms with Crippen molar-refractivity contribution in [3.63, 3.8) is 0 Å². The van der Waals surface area contributed by atoms with Gasteiger partial charge in [-0.25, -0.2) is 5.43 Å². The number of fused-ring (bicyclic) bond motifs is 1. The van der Waals surface area contributed by atoms with E-state index in [1.807, 2.05) is 19.1 Å². The van der Waals surface area contributed by atoms with Crippen molar-refractivity contribution in [2.24, 2.45) is 5.10 Å². The molecule has 2 aromatic carbocycles. The summed E-state index contributed by atoms with van der Waals surface area (Å²) in [5.74, 6) is 0.293. The quantitative estimate of drug-likeness (QED) is 0.208. The lowest BCUT2D eigenvalue weighted by Crippen LogP contribution is -2.16. The Hall–Kier alpha value is -2.64. The summed E-state index contributed by atoms with van der Waals surface area (Å²) in [6.45, 7) is 8.48. The number of furan rings is 1. The van der Waals surface area contributed by atoms with Gasteiger partial charge in [0.2, 0.25) is 0 Å². The summed E-state index contributed by atoms with van der Waals surface area (Å²) in [7, 11) is 0. The molecule has 0 spiro atoms. The third kappa shape index (κ3) is 4.45. The number of amides is 1. The highest BCUT2D eigenvalue weighted by molar-refractivity contribution is 9.11. The maximum Gasteiger partial charge on any atom is 0.307 e. The first-order valence-corrected chi connectivity index (χ1v) is 11.8. The Morgan fingerprint density at radius 2 is 1.81 bits per heavy atom. The minimum absolute atomic E-state index is 0.201. The number of carbonyl (C=O) groups is 1. The number of aromatic nitrogens is 1. The lowest BCUT2D eigenvalue weighted by Gasteiger charge is -2.12. The molecular formula is C25H23Br2N3O2. The van der Waals surface area contributed by atoms with Gasteiger partial charge in [0.15, 0.2) is 5.76 Å². The first-order valence-electron chi connectivity index (χ1n) is 10.3. The minimum atomic E-state index is -0.404. The Kier molecular flexibility index (Phi) is 6.40. The third-order valence-electron chi connectivity index (χ3n) is 5.42. The molecule has 0 aliphatic carbocycles. The number of carbonyl (C=O) groups excluding carboxylic acids is 1. The van der Waals surface area contributed by atoms with Crippen molar-refractivity contribution in [3.8, 4) is 5.69 Å². The highest BCUT2D eigenvalue weighted by Crippen LogP contribution is 2.31. The number of benzene rings is 2. The second kappa shape index (κ2) is 9.08. The number of hydrogen-bond donors (Lipinski definition) is 1. The molecule has 0 atom stereocenters. The van der Waals surface area contributed by atoms with Crippen LogP contribution < -0.4 is 5.43 Å². The van der Waals surface area contributed by atoms with Crippen molar-refractivity contribution in [2.75, 3.05) is 0 Å². The number of halogens is 2. The van der Waals surface area contributed by atoms with E-state index in [4.69, 9.17) is 4.42 Å². The van der Waals surface area contributed by atoms with Crippen LogP contribution in [0.2, 0.25) is 0 Å². The van der Waals surface area contributed by atoms with Crippen LogP contribution in [0.5, 0.6) is 0 Å². The van der Waals surface area contributed by atoms with Crippen molar-refractivity contribution in [1.82, 2.24) is 9.99 Å². The minimum Gasteiger partial charge on any atom is -0.450 e. The highest BCUT2D eigenvalue weighted by atomic mass is 79.9. The molecule has 0 saturated heterocycles. The van der Waals surface area contributed by atoms with Crippen LogP contribution >= 0.6 is 31.9 Å². The lowest BCUT2D eigenvalue weighted by molar-refractivity contribution is 0.0929. The van der Waals surface area contributed by atoms with Gasteiger partial charge in [-0.15, -0.1) is 0 Å². The Morgan fingerprint density at radius 1 is 1.09 bits per heavy atom. The molecule has 164 valence electrons. The van der Waals surface area contributed by atoms with Gasteiger partial charge in [0, 0.05) is 32.5 Å². The Balaban J connectivity index is 1.52. The summed E-state index contributed by atoms with van der Waals surface area (Å²) in [6, 6.07) is 16.1. The van der Waals surface area contributed by atoms with Crippen LogP contribution in [0.25, 0.3) is 16.7 Å². The Morgan fingerprint density at radius 3 is 2.50 bits per heavy atom. The van der Waals surface area contributed by atoms with Crippen molar-refractivity contribution >= 4 is 55.0 Å². The molecule has 0 aliphatic heterocycles. The maximum atomic E-state index is 12.5. The van der Waals surface area contributed by atoms with Gasteiger partial charge in [0.05, 0.1) is 10.7 Å². The smallest absolute Gasteiger partial charge is 0.307 e. The van der Waals surface area contributed by atoms with Crippen LogP contribution in [0.1, 0.15) is 52.8 Å². The second-order valence-corrected chi connectivity index (χ2v) is 9.79. The average Bonchev–Trinajstić information content (AvgIpc) is 3.29. The third-order valence-corrected chi connectivity index (χ3v) is 6.46. The fourth-order valence-corrected chi connectivity index (χ4v) is 5.07.